The van der Waals surface area contributed by atoms with Gasteiger partial charge in [-0.3, -0.25) is 10.1 Å². The van der Waals surface area contributed by atoms with E-state index in [2.05, 4.69) is 29.0 Å². The van der Waals surface area contributed by atoms with Gasteiger partial charge >= 0.3 is 6.03 Å². The number of carbonyl (C=O) groups excluding carboxylic acids is 2. The summed E-state index contributed by atoms with van der Waals surface area (Å²) in [7, 11) is 0. The number of aromatic nitrogens is 1. The number of ketones is 1. The first-order valence-corrected chi connectivity index (χ1v) is 13.6. The van der Waals surface area contributed by atoms with Crippen LogP contribution in [0.2, 0.25) is 0 Å². The zero-order valence-corrected chi connectivity index (χ0v) is 21.0. The smallest absolute Gasteiger partial charge is 0.319 e. The fourth-order valence-electron chi connectivity index (χ4n) is 4.61. The molecule has 1 aliphatic rings. The molecular formula is C23H39N3O2S2. The molecule has 2 unspecified atom stereocenters. The third-order valence-corrected chi connectivity index (χ3v) is 8.57. The summed E-state index contributed by atoms with van der Waals surface area (Å²) in [4.78, 5) is 32.1. The highest BCUT2D eigenvalue weighted by Gasteiger charge is 2.32. The van der Waals surface area contributed by atoms with Crippen molar-refractivity contribution in [2.24, 2.45) is 5.92 Å². The Morgan fingerprint density at radius 2 is 1.90 bits per heavy atom. The maximum Gasteiger partial charge on any atom is 0.324 e. The van der Waals surface area contributed by atoms with E-state index in [9.17, 15) is 9.59 Å². The highest BCUT2D eigenvalue weighted by molar-refractivity contribution is 8.00. The molecule has 0 saturated heterocycles. The number of nitrogens with one attached hydrogen (secondary N) is 1. The summed E-state index contributed by atoms with van der Waals surface area (Å²) in [6, 6.07) is 0.444. The van der Waals surface area contributed by atoms with Crippen LogP contribution in [0.3, 0.4) is 0 Å². The number of nitrogens with zero attached hydrogens (tertiary/aromatic N) is 2. The van der Waals surface area contributed by atoms with Gasteiger partial charge in [0.1, 0.15) is 5.78 Å². The standard InChI is InChI=1S/C23H39N3O2S2/c1-6-11-19(15-14-18(7-2)17(4)27)26(20-12-9-8-10-13-20)23(28)25-22-24-16(3)21(29-5)30-22/h18-20H,6-15H2,1-5H3,(H,24,25,28). The molecule has 1 saturated carbocycles. The Morgan fingerprint density at radius 1 is 1.20 bits per heavy atom. The van der Waals surface area contributed by atoms with Crippen molar-refractivity contribution in [2.45, 2.75) is 108 Å². The number of aryl methyl sites for hydroxylation is 1. The number of Topliss-reactive ketones (excluding diaryl/α,β-unsaturated/α-hetero) is 1. The molecule has 170 valence electrons. The Bertz CT molecular complexity index is 686. The summed E-state index contributed by atoms with van der Waals surface area (Å²) in [5, 5.41) is 3.80. The fourth-order valence-corrected chi connectivity index (χ4v) is 6.22. The Kier molecular flexibility index (Phi) is 10.7. The van der Waals surface area contributed by atoms with Gasteiger partial charge in [0.05, 0.1) is 9.90 Å². The highest BCUT2D eigenvalue weighted by atomic mass is 32.2. The first-order valence-electron chi connectivity index (χ1n) is 11.5. The van der Waals surface area contributed by atoms with Crippen LogP contribution in [0.25, 0.3) is 0 Å². The van der Waals surface area contributed by atoms with E-state index >= 15 is 0 Å². The van der Waals surface area contributed by atoms with Crippen molar-refractivity contribution in [3.63, 3.8) is 0 Å². The Labute approximate surface area is 190 Å². The van der Waals surface area contributed by atoms with Gasteiger partial charge in [0.25, 0.3) is 0 Å². The van der Waals surface area contributed by atoms with E-state index in [-0.39, 0.29) is 29.8 Å². The molecule has 0 aliphatic heterocycles. The summed E-state index contributed by atoms with van der Waals surface area (Å²) < 4.78 is 1.15. The van der Waals surface area contributed by atoms with Crippen molar-refractivity contribution in [1.29, 1.82) is 0 Å². The number of rotatable bonds is 11. The molecule has 1 heterocycles. The predicted octanol–water partition coefficient (Wildman–Crippen LogP) is 6.90. The zero-order valence-electron chi connectivity index (χ0n) is 19.3. The zero-order chi connectivity index (χ0) is 22.1. The Balaban J connectivity index is 2.21. The minimum atomic E-state index is -0.0161. The van der Waals surface area contributed by atoms with E-state index in [0.29, 0.717) is 5.13 Å². The van der Waals surface area contributed by atoms with Gasteiger partial charge < -0.3 is 4.90 Å². The SMILES string of the molecule is CCCC(CCC(CC)C(C)=O)N(C(=O)Nc1nc(C)c(SC)s1)C1CCCCC1. The lowest BCUT2D eigenvalue weighted by Crippen LogP contribution is -2.50. The number of hydrogen-bond acceptors (Lipinski definition) is 5. The topological polar surface area (TPSA) is 62.3 Å². The predicted molar refractivity (Wildman–Crippen MR) is 129 cm³/mol. The molecule has 2 amide bonds. The molecule has 1 aliphatic carbocycles. The van der Waals surface area contributed by atoms with E-state index in [1.54, 1.807) is 30.0 Å². The summed E-state index contributed by atoms with van der Waals surface area (Å²) in [6.45, 7) is 7.95. The van der Waals surface area contributed by atoms with Crippen LogP contribution < -0.4 is 5.32 Å². The van der Waals surface area contributed by atoms with E-state index < -0.39 is 0 Å². The van der Waals surface area contributed by atoms with Crippen molar-refractivity contribution in [3.8, 4) is 0 Å². The van der Waals surface area contributed by atoms with E-state index in [1.165, 1.54) is 19.3 Å². The molecule has 0 spiro atoms. The van der Waals surface area contributed by atoms with Gasteiger partial charge in [-0.15, -0.1) is 11.8 Å². The van der Waals surface area contributed by atoms with Crippen LogP contribution in [-0.2, 0) is 4.79 Å². The van der Waals surface area contributed by atoms with Crippen molar-refractivity contribution >= 4 is 40.0 Å². The van der Waals surface area contributed by atoms with Gasteiger partial charge in [-0.05, 0) is 58.6 Å². The first-order chi connectivity index (χ1) is 14.4. The van der Waals surface area contributed by atoms with Crippen molar-refractivity contribution in [1.82, 2.24) is 9.88 Å². The van der Waals surface area contributed by atoms with Crippen LogP contribution >= 0.6 is 23.1 Å². The quantitative estimate of drug-likeness (QED) is 0.370. The van der Waals surface area contributed by atoms with Crippen LogP contribution in [0.1, 0.15) is 90.7 Å². The monoisotopic (exact) mass is 453 g/mol. The second-order valence-electron chi connectivity index (χ2n) is 8.46. The molecule has 0 aromatic carbocycles. The molecule has 5 nitrogen and oxygen atoms in total. The third kappa shape index (κ3) is 6.98. The van der Waals surface area contributed by atoms with Crippen molar-refractivity contribution < 1.29 is 9.59 Å². The lowest BCUT2D eigenvalue weighted by molar-refractivity contribution is -0.121. The van der Waals surface area contributed by atoms with Gasteiger partial charge in [0, 0.05) is 18.0 Å². The molecule has 1 aromatic heterocycles. The minimum absolute atomic E-state index is 0.0161. The fraction of sp³-hybridized carbons (Fsp3) is 0.783. The number of anilines is 1. The summed E-state index contributed by atoms with van der Waals surface area (Å²) in [5.41, 5.74) is 0.976. The van der Waals surface area contributed by atoms with E-state index in [4.69, 9.17) is 0 Å². The van der Waals surface area contributed by atoms with Crippen LogP contribution in [0, 0.1) is 12.8 Å². The Hall–Kier alpha value is -1.08. The van der Waals surface area contributed by atoms with E-state index in [0.717, 1.165) is 54.8 Å². The number of thiazole rings is 1. The summed E-state index contributed by atoms with van der Waals surface area (Å²) in [6.07, 6.45) is 12.5. The number of hydrogen-bond donors (Lipinski definition) is 1. The van der Waals surface area contributed by atoms with Crippen LogP contribution in [0.4, 0.5) is 9.93 Å². The second kappa shape index (κ2) is 12.7. The summed E-state index contributed by atoms with van der Waals surface area (Å²) in [5.74, 6) is 0.371. The van der Waals surface area contributed by atoms with Crippen molar-refractivity contribution in [2.75, 3.05) is 11.6 Å². The Morgan fingerprint density at radius 3 is 2.43 bits per heavy atom. The molecule has 1 aromatic rings. The number of thioether (sulfide) groups is 1. The molecule has 2 atom stereocenters. The highest BCUT2D eigenvalue weighted by Crippen LogP contribution is 2.32. The lowest BCUT2D eigenvalue weighted by Gasteiger charge is -2.40. The average molecular weight is 454 g/mol. The van der Waals surface area contributed by atoms with Gasteiger partial charge in [-0.25, -0.2) is 9.78 Å². The van der Waals surface area contributed by atoms with Crippen LogP contribution in [0.5, 0.6) is 0 Å². The largest absolute Gasteiger partial charge is 0.324 e. The summed E-state index contributed by atoms with van der Waals surface area (Å²) >= 11 is 3.22. The first kappa shape index (κ1) is 25.2. The maximum atomic E-state index is 13.5. The van der Waals surface area contributed by atoms with Crippen LogP contribution in [-0.4, -0.2) is 40.0 Å². The lowest BCUT2D eigenvalue weighted by atomic mass is 9.89. The number of amides is 2. The molecule has 0 bridgehead atoms. The normalized spacial score (nSPS) is 16.8. The number of urea groups is 1. The molecule has 1 N–H and O–H groups in total. The van der Waals surface area contributed by atoms with Crippen molar-refractivity contribution in [3.05, 3.63) is 5.69 Å². The van der Waals surface area contributed by atoms with Crippen LogP contribution in [0.15, 0.2) is 4.21 Å². The van der Waals surface area contributed by atoms with Gasteiger partial charge in [0.15, 0.2) is 5.13 Å². The minimum Gasteiger partial charge on any atom is -0.319 e. The van der Waals surface area contributed by atoms with E-state index in [1.807, 2.05) is 13.2 Å². The van der Waals surface area contributed by atoms with Gasteiger partial charge in [-0.2, -0.15) is 0 Å². The molecule has 30 heavy (non-hydrogen) atoms. The molecular weight excluding hydrogens is 414 g/mol. The molecule has 0 radical (unpaired) electrons. The van der Waals surface area contributed by atoms with Gasteiger partial charge in [-0.1, -0.05) is 50.9 Å². The second-order valence-corrected chi connectivity index (χ2v) is 10.5. The number of carbonyl (C=O) groups is 2. The molecule has 2 rings (SSSR count). The molecule has 7 heteroatoms. The molecule has 1 fully saturated rings. The average Bonchev–Trinajstić information content (AvgIpc) is 3.08. The van der Waals surface area contributed by atoms with Gasteiger partial charge in [0.2, 0.25) is 0 Å². The third-order valence-electron chi connectivity index (χ3n) is 6.29. The maximum absolute atomic E-state index is 13.5.